The van der Waals surface area contributed by atoms with Gasteiger partial charge in [-0.3, -0.25) is 4.79 Å². The van der Waals surface area contributed by atoms with Gasteiger partial charge in [-0.2, -0.15) is 0 Å². The van der Waals surface area contributed by atoms with Crippen LogP contribution in [0.4, 0.5) is 0 Å². The molecular weight excluding hydrogens is 116 g/mol. The molecule has 0 bridgehead atoms. The zero-order chi connectivity index (χ0) is 6.69. The van der Waals surface area contributed by atoms with Gasteiger partial charge in [0.1, 0.15) is 0 Å². The second-order valence-electron chi connectivity index (χ2n) is 2.38. The van der Waals surface area contributed by atoms with E-state index in [1.807, 2.05) is 0 Å². The molecule has 0 aromatic rings. The first-order valence-corrected chi connectivity index (χ1v) is 3.26. The Hall–Kier alpha value is -0.530. The third-order valence-corrected chi connectivity index (χ3v) is 1.72. The molecule has 0 aromatic heterocycles. The highest BCUT2D eigenvalue weighted by molar-refractivity contribution is 5.79. The van der Waals surface area contributed by atoms with E-state index in [0.717, 1.165) is 12.8 Å². The number of carbonyl (C=O) groups is 1. The van der Waals surface area contributed by atoms with E-state index in [-0.39, 0.29) is 5.97 Å². The van der Waals surface area contributed by atoms with E-state index in [1.54, 1.807) is 6.42 Å². The van der Waals surface area contributed by atoms with Crippen molar-refractivity contribution in [2.24, 2.45) is 5.92 Å². The van der Waals surface area contributed by atoms with Gasteiger partial charge in [-0.25, -0.2) is 0 Å². The lowest BCUT2D eigenvalue weighted by atomic mass is 9.83. The predicted molar refractivity (Wildman–Crippen MR) is 33.7 cm³/mol. The summed E-state index contributed by atoms with van der Waals surface area (Å²) in [5.41, 5.74) is 0. The van der Waals surface area contributed by atoms with Crippen LogP contribution in [0.15, 0.2) is 0 Å². The molecule has 0 heterocycles. The molecule has 0 amide bonds. The van der Waals surface area contributed by atoms with Crippen molar-refractivity contribution in [1.29, 1.82) is 0 Å². The summed E-state index contributed by atoms with van der Waals surface area (Å²) in [5.74, 6) is 0.331. The zero-order valence-corrected chi connectivity index (χ0v) is 5.59. The number of rotatable bonds is 2. The van der Waals surface area contributed by atoms with Crippen LogP contribution in [0.1, 0.15) is 19.3 Å². The molecule has 1 aliphatic rings. The molecule has 0 aliphatic heterocycles. The smallest absolute Gasteiger partial charge is 0.309 e. The second kappa shape index (κ2) is 2.85. The van der Waals surface area contributed by atoms with Gasteiger partial charge in [-0.05, 0) is 18.8 Å². The highest BCUT2D eigenvalue weighted by atomic mass is 16.5. The molecule has 0 saturated heterocycles. The van der Waals surface area contributed by atoms with Gasteiger partial charge in [0.2, 0.25) is 0 Å². The highest BCUT2D eigenvalue weighted by Gasteiger charge is 2.20. The molecule has 2 nitrogen and oxygen atoms in total. The first-order valence-electron chi connectivity index (χ1n) is 3.26. The molecule has 1 radical (unpaired) electrons. The molecule has 9 heavy (non-hydrogen) atoms. The van der Waals surface area contributed by atoms with Crippen LogP contribution < -0.4 is 0 Å². The summed E-state index contributed by atoms with van der Waals surface area (Å²) >= 11 is 0. The summed E-state index contributed by atoms with van der Waals surface area (Å²) in [6.45, 7) is 0. The Morgan fingerprint density at radius 1 is 1.67 bits per heavy atom. The monoisotopic (exact) mass is 127 g/mol. The fraction of sp³-hybridized carbons (Fsp3) is 0.714. The summed E-state index contributed by atoms with van der Waals surface area (Å²) in [6, 6.07) is 0. The Morgan fingerprint density at radius 3 is 2.67 bits per heavy atom. The van der Waals surface area contributed by atoms with Crippen LogP contribution in [-0.4, -0.2) is 13.1 Å². The minimum Gasteiger partial charge on any atom is -0.469 e. The minimum atomic E-state index is -0.181. The van der Waals surface area contributed by atoms with Gasteiger partial charge in [-0.1, -0.05) is 6.42 Å². The summed E-state index contributed by atoms with van der Waals surface area (Å²) in [6.07, 6.45) is 5.26. The third kappa shape index (κ3) is 1.70. The molecule has 1 rings (SSSR count). The van der Waals surface area contributed by atoms with Crippen molar-refractivity contribution in [2.45, 2.75) is 19.3 Å². The number of hydrogen-bond acceptors (Lipinski definition) is 2. The Bertz CT molecular complexity index is 105. The van der Waals surface area contributed by atoms with Gasteiger partial charge in [-0.15, -0.1) is 0 Å². The van der Waals surface area contributed by atoms with E-state index in [4.69, 9.17) is 0 Å². The standard InChI is InChI=1S/C7H11O2/c1-9-7(8)5-6-3-2-4-6/h5-6H,2-4H2,1H3. The first kappa shape index (κ1) is 6.59. The lowest BCUT2D eigenvalue weighted by molar-refractivity contribution is -0.137. The molecule has 0 atom stereocenters. The molecule has 51 valence electrons. The Kier molecular flexibility index (Phi) is 2.09. The molecule has 1 aliphatic carbocycles. The zero-order valence-electron chi connectivity index (χ0n) is 5.59. The quantitative estimate of drug-likeness (QED) is 0.520. The van der Waals surface area contributed by atoms with Crippen molar-refractivity contribution < 1.29 is 9.53 Å². The van der Waals surface area contributed by atoms with Crippen molar-refractivity contribution in [1.82, 2.24) is 0 Å². The fourth-order valence-electron chi connectivity index (χ4n) is 0.867. The van der Waals surface area contributed by atoms with Crippen LogP contribution in [0.25, 0.3) is 0 Å². The van der Waals surface area contributed by atoms with E-state index in [1.165, 1.54) is 13.5 Å². The van der Waals surface area contributed by atoms with E-state index < -0.39 is 0 Å². The van der Waals surface area contributed by atoms with Gasteiger partial charge in [0.05, 0.1) is 13.5 Å². The van der Waals surface area contributed by atoms with Gasteiger partial charge in [0, 0.05) is 0 Å². The van der Waals surface area contributed by atoms with Crippen LogP contribution in [0.2, 0.25) is 0 Å². The van der Waals surface area contributed by atoms with Gasteiger partial charge < -0.3 is 4.74 Å². The van der Waals surface area contributed by atoms with E-state index >= 15 is 0 Å². The molecule has 1 fully saturated rings. The average molecular weight is 127 g/mol. The third-order valence-electron chi connectivity index (χ3n) is 1.72. The van der Waals surface area contributed by atoms with Gasteiger partial charge in [0.25, 0.3) is 0 Å². The van der Waals surface area contributed by atoms with Crippen molar-refractivity contribution in [3.63, 3.8) is 0 Å². The molecule has 2 heteroatoms. The van der Waals surface area contributed by atoms with E-state index in [9.17, 15) is 4.79 Å². The number of ether oxygens (including phenoxy) is 1. The molecule has 0 spiro atoms. The maximum atomic E-state index is 10.5. The number of carbonyl (C=O) groups excluding carboxylic acids is 1. The van der Waals surface area contributed by atoms with Crippen LogP contribution in [0, 0.1) is 12.3 Å². The molecule has 0 aromatic carbocycles. The van der Waals surface area contributed by atoms with Crippen LogP contribution in [0.3, 0.4) is 0 Å². The Labute approximate surface area is 55.2 Å². The average Bonchev–Trinajstić information content (AvgIpc) is 1.78. The van der Waals surface area contributed by atoms with E-state index in [2.05, 4.69) is 4.74 Å². The fourth-order valence-corrected chi connectivity index (χ4v) is 0.867. The topological polar surface area (TPSA) is 26.3 Å². The highest BCUT2D eigenvalue weighted by Crippen LogP contribution is 2.28. The van der Waals surface area contributed by atoms with Gasteiger partial charge in [0.15, 0.2) is 0 Å². The molecular formula is C7H11O2. The van der Waals surface area contributed by atoms with Crippen LogP contribution in [-0.2, 0) is 9.53 Å². The summed E-state index contributed by atoms with van der Waals surface area (Å²) in [7, 11) is 1.41. The summed E-state index contributed by atoms with van der Waals surface area (Å²) < 4.78 is 4.46. The van der Waals surface area contributed by atoms with E-state index in [0.29, 0.717) is 5.92 Å². The summed E-state index contributed by atoms with van der Waals surface area (Å²) in [4.78, 5) is 10.5. The van der Waals surface area contributed by atoms with Crippen LogP contribution >= 0.6 is 0 Å². The van der Waals surface area contributed by atoms with Crippen molar-refractivity contribution >= 4 is 5.97 Å². The molecule has 0 N–H and O–H groups in total. The van der Waals surface area contributed by atoms with Crippen molar-refractivity contribution in [2.75, 3.05) is 7.11 Å². The minimum absolute atomic E-state index is 0.181. The Balaban J connectivity index is 2.09. The maximum Gasteiger partial charge on any atom is 0.309 e. The number of methoxy groups -OCH3 is 1. The summed E-state index contributed by atoms with van der Waals surface area (Å²) in [5, 5.41) is 0. The SMILES string of the molecule is COC(=O)[CH]C1CCC1. The lowest BCUT2D eigenvalue weighted by Gasteiger charge is -2.23. The van der Waals surface area contributed by atoms with Crippen molar-refractivity contribution in [3.8, 4) is 0 Å². The lowest BCUT2D eigenvalue weighted by Crippen LogP contribution is -2.17. The van der Waals surface area contributed by atoms with Crippen LogP contribution in [0.5, 0.6) is 0 Å². The normalized spacial score (nSPS) is 18.8. The molecule has 1 saturated carbocycles. The number of esters is 1. The van der Waals surface area contributed by atoms with Crippen molar-refractivity contribution in [3.05, 3.63) is 6.42 Å². The Morgan fingerprint density at radius 2 is 2.33 bits per heavy atom. The second-order valence-corrected chi connectivity index (χ2v) is 2.38. The maximum absolute atomic E-state index is 10.5. The molecule has 0 unspecified atom stereocenters. The predicted octanol–water partition coefficient (Wildman–Crippen LogP) is 1.16. The largest absolute Gasteiger partial charge is 0.469 e. The van der Waals surface area contributed by atoms with Gasteiger partial charge >= 0.3 is 5.97 Å². The number of hydrogen-bond donors (Lipinski definition) is 0. The first-order chi connectivity index (χ1) is 4.33.